The molecule has 0 radical (unpaired) electrons. The average Bonchev–Trinajstić information content (AvgIpc) is 2.94. The summed E-state index contributed by atoms with van der Waals surface area (Å²) in [6.07, 6.45) is 2.00. The predicted octanol–water partition coefficient (Wildman–Crippen LogP) is 4.85. The fraction of sp³-hybridized carbons (Fsp3) is 0.0625. The van der Waals surface area contributed by atoms with Gasteiger partial charge in [0, 0.05) is 11.1 Å². The van der Waals surface area contributed by atoms with Crippen molar-refractivity contribution in [2.45, 2.75) is 4.21 Å². The van der Waals surface area contributed by atoms with E-state index in [0.29, 0.717) is 0 Å². The second-order valence-corrected chi connectivity index (χ2v) is 6.21. The largest absolute Gasteiger partial charge is 0.289 e. The highest BCUT2D eigenvalue weighted by atomic mass is 32.2. The van der Waals surface area contributed by atoms with Crippen molar-refractivity contribution in [3.05, 3.63) is 65.0 Å². The summed E-state index contributed by atoms with van der Waals surface area (Å²) in [5.74, 6) is 0.108. The summed E-state index contributed by atoms with van der Waals surface area (Å²) < 4.78 is 1.08. The van der Waals surface area contributed by atoms with Gasteiger partial charge >= 0.3 is 0 Å². The lowest BCUT2D eigenvalue weighted by atomic mass is 10.0. The van der Waals surface area contributed by atoms with E-state index in [-0.39, 0.29) is 5.78 Å². The molecule has 0 saturated heterocycles. The standard InChI is InChI=1S/C16H12OS2/c1-18-16-14(8-9-19-16)15(17)13-7-6-11-4-2-3-5-12(11)10-13/h2-10H,1H3. The molecule has 0 fully saturated rings. The number of thioether (sulfide) groups is 1. The molecule has 0 amide bonds. The van der Waals surface area contributed by atoms with Crippen LogP contribution in [0.15, 0.2) is 58.1 Å². The van der Waals surface area contributed by atoms with Gasteiger partial charge in [0.2, 0.25) is 0 Å². The van der Waals surface area contributed by atoms with Gasteiger partial charge in [-0.05, 0) is 34.5 Å². The first kappa shape index (κ1) is 12.5. The molecule has 3 rings (SSSR count). The summed E-state index contributed by atoms with van der Waals surface area (Å²) in [7, 11) is 0. The van der Waals surface area contributed by atoms with Gasteiger partial charge in [-0.1, -0.05) is 36.4 Å². The molecule has 0 atom stereocenters. The second kappa shape index (κ2) is 5.19. The van der Waals surface area contributed by atoms with E-state index in [9.17, 15) is 4.79 Å². The zero-order valence-corrected chi connectivity index (χ0v) is 12.1. The van der Waals surface area contributed by atoms with E-state index < -0.39 is 0 Å². The smallest absolute Gasteiger partial charge is 0.195 e. The molecule has 94 valence electrons. The van der Waals surface area contributed by atoms with Gasteiger partial charge in [0.25, 0.3) is 0 Å². The molecule has 1 aromatic heterocycles. The zero-order chi connectivity index (χ0) is 13.2. The van der Waals surface area contributed by atoms with Crippen LogP contribution in [-0.4, -0.2) is 12.0 Å². The SMILES string of the molecule is CSc1sccc1C(=O)c1ccc2ccccc2c1. The lowest BCUT2D eigenvalue weighted by Gasteiger charge is -2.03. The normalized spacial score (nSPS) is 10.8. The molecule has 3 heteroatoms. The molecule has 0 unspecified atom stereocenters. The Bertz CT molecular complexity index is 743. The zero-order valence-electron chi connectivity index (χ0n) is 10.4. The Morgan fingerprint density at radius 1 is 1.05 bits per heavy atom. The van der Waals surface area contributed by atoms with Crippen LogP contribution >= 0.6 is 23.1 Å². The van der Waals surface area contributed by atoms with Crippen molar-refractivity contribution in [3.63, 3.8) is 0 Å². The number of ketones is 1. The molecule has 0 spiro atoms. The monoisotopic (exact) mass is 284 g/mol. The predicted molar refractivity (Wildman–Crippen MR) is 83.5 cm³/mol. The van der Waals surface area contributed by atoms with Crippen LogP contribution < -0.4 is 0 Å². The van der Waals surface area contributed by atoms with Crippen molar-refractivity contribution in [1.82, 2.24) is 0 Å². The Balaban J connectivity index is 2.06. The fourth-order valence-corrected chi connectivity index (χ4v) is 3.66. The molecule has 0 aliphatic rings. The molecule has 19 heavy (non-hydrogen) atoms. The highest BCUT2D eigenvalue weighted by Crippen LogP contribution is 2.29. The first-order chi connectivity index (χ1) is 9.29. The molecular weight excluding hydrogens is 272 g/mol. The summed E-state index contributed by atoms with van der Waals surface area (Å²) in [5, 5.41) is 4.24. The third-order valence-corrected chi connectivity index (χ3v) is 5.16. The average molecular weight is 284 g/mol. The fourth-order valence-electron chi connectivity index (χ4n) is 2.11. The van der Waals surface area contributed by atoms with Gasteiger partial charge in [-0.25, -0.2) is 0 Å². The van der Waals surface area contributed by atoms with Crippen LogP contribution in [0.3, 0.4) is 0 Å². The number of thiophene rings is 1. The molecular formula is C16H12OS2. The number of carbonyl (C=O) groups is 1. The summed E-state index contributed by atoms with van der Waals surface area (Å²) in [5.41, 5.74) is 1.57. The number of carbonyl (C=O) groups excluding carboxylic acids is 1. The Morgan fingerprint density at radius 2 is 1.84 bits per heavy atom. The topological polar surface area (TPSA) is 17.1 Å². The third-order valence-electron chi connectivity index (χ3n) is 3.07. The third kappa shape index (κ3) is 2.31. The van der Waals surface area contributed by atoms with Gasteiger partial charge in [-0.15, -0.1) is 23.1 Å². The molecule has 0 N–H and O–H groups in total. The first-order valence-corrected chi connectivity index (χ1v) is 8.05. The lowest BCUT2D eigenvalue weighted by Crippen LogP contribution is -2.00. The van der Waals surface area contributed by atoms with Crippen molar-refractivity contribution < 1.29 is 4.79 Å². The number of fused-ring (bicyclic) bond motifs is 1. The number of hydrogen-bond acceptors (Lipinski definition) is 3. The van der Waals surface area contributed by atoms with Crippen molar-refractivity contribution in [2.75, 3.05) is 6.26 Å². The van der Waals surface area contributed by atoms with Gasteiger partial charge < -0.3 is 0 Å². The summed E-state index contributed by atoms with van der Waals surface area (Å²) >= 11 is 3.24. The minimum atomic E-state index is 0.108. The minimum Gasteiger partial charge on any atom is -0.289 e. The van der Waals surface area contributed by atoms with Crippen LogP contribution in [0, 0.1) is 0 Å². The maximum absolute atomic E-state index is 12.5. The number of rotatable bonds is 3. The molecule has 0 saturated carbocycles. The van der Waals surface area contributed by atoms with E-state index in [2.05, 4.69) is 6.07 Å². The van der Waals surface area contributed by atoms with Crippen molar-refractivity contribution in [2.24, 2.45) is 0 Å². The second-order valence-electron chi connectivity index (χ2n) is 4.22. The Morgan fingerprint density at radius 3 is 2.63 bits per heavy atom. The maximum Gasteiger partial charge on any atom is 0.195 e. The summed E-state index contributed by atoms with van der Waals surface area (Å²) in [6, 6.07) is 15.9. The molecule has 0 bridgehead atoms. The van der Waals surface area contributed by atoms with E-state index in [1.54, 1.807) is 23.1 Å². The van der Waals surface area contributed by atoms with E-state index >= 15 is 0 Å². The first-order valence-electron chi connectivity index (χ1n) is 5.94. The van der Waals surface area contributed by atoms with Crippen LogP contribution in [0.5, 0.6) is 0 Å². The van der Waals surface area contributed by atoms with Crippen molar-refractivity contribution >= 4 is 39.7 Å². The Kier molecular flexibility index (Phi) is 3.40. The van der Waals surface area contributed by atoms with Crippen molar-refractivity contribution in [3.8, 4) is 0 Å². The van der Waals surface area contributed by atoms with Crippen LogP contribution in [0.1, 0.15) is 15.9 Å². The molecule has 1 nitrogen and oxygen atoms in total. The van der Waals surface area contributed by atoms with Crippen LogP contribution in [0.25, 0.3) is 10.8 Å². The van der Waals surface area contributed by atoms with Gasteiger partial charge in [0.05, 0.1) is 4.21 Å². The van der Waals surface area contributed by atoms with Gasteiger partial charge in [0.15, 0.2) is 5.78 Å². The summed E-state index contributed by atoms with van der Waals surface area (Å²) in [4.78, 5) is 12.5. The van der Waals surface area contributed by atoms with Crippen LogP contribution in [-0.2, 0) is 0 Å². The number of benzene rings is 2. The molecule has 1 heterocycles. The van der Waals surface area contributed by atoms with Crippen LogP contribution in [0.2, 0.25) is 0 Å². The van der Waals surface area contributed by atoms with Gasteiger partial charge in [-0.2, -0.15) is 0 Å². The highest BCUT2D eigenvalue weighted by Gasteiger charge is 2.14. The van der Waals surface area contributed by atoms with E-state index in [1.807, 2.05) is 54.1 Å². The minimum absolute atomic E-state index is 0.108. The molecule has 3 aromatic rings. The van der Waals surface area contributed by atoms with E-state index in [1.165, 1.54) is 0 Å². The highest BCUT2D eigenvalue weighted by molar-refractivity contribution is 8.00. The summed E-state index contributed by atoms with van der Waals surface area (Å²) in [6.45, 7) is 0. The maximum atomic E-state index is 12.5. The van der Waals surface area contributed by atoms with Crippen molar-refractivity contribution in [1.29, 1.82) is 0 Å². The Labute approximate surface area is 120 Å². The van der Waals surface area contributed by atoms with Gasteiger partial charge in [-0.3, -0.25) is 4.79 Å². The molecule has 2 aromatic carbocycles. The number of hydrogen-bond donors (Lipinski definition) is 0. The quantitative estimate of drug-likeness (QED) is 0.505. The lowest BCUT2D eigenvalue weighted by molar-refractivity contribution is 0.103. The van der Waals surface area contributed by atoms with E-state index in [0.717, 1.165) is 26.1 Å². The van der Waals surface area contributed by atoms with Crippen LogP contribution in [0.4, 0.5) is 0 Å². The van der Waals surface area contributed by atoms with E-state index in [4.69, 9.17) is 0 Å². The Hall–Kier alpha value is -1.58. The van der Waals surface area contributed by atoms with Gasteiger partial charge in [0.1, 0.15) is 0 Å². The molecule has 0 aliphatic heterocycles. The molecule has 0 aliphatic carbocycles.